The van der Waals surface area contributed by atoms with Crippen LogP contribution in [-0.2, 0) is 10.0 Å². The number of hydrogen-bond donors (Lipinski definition) is 2. The summed E-state index contributed by atoms with van der Waals surface area (Å²) in [7, 11) is -0.773. The second kappa shape index (κ2) is 8.85. The minimum Gasteiger partial charge on any atom is -0.493 e. The van der Waals surface area contributed by atoms with Crippen LogP contribution < -0.4 is 19.5 Å². The minimum atomic E-state index is -3.85. The SMILES string of the molecule is COc1cc2nc(NC(=O)c3ccccc3NS(=O)(=O)c3ccccc3)sc2cc1OC. The van der Waals surface area contributed by atoms with E-state index < -0.39 is 15.9 Å². The Balaban J connectivity index is 1.61. The Bertz CT molecular complexity index is 1340. The van der Waals surface area contributed by atoms with Crippen molar-refractivity contribution >= 4 is 48.3 Å². The van der Waals surface area contributed by atoms with Gasteiger partial charge in [0.1, 0.15) is 0 Å². The number of carbonyl (C=O) groups is 1. The molecule has 1 amide bonds. The third kappa shape index (κ3) is 4.36. The molecule has 0 spiro atoms. The lowest BCUT2D eigenvalue weighted by molar-refractivity contribution is 0.102. The molecule has 0 fully saturated rings. The van der Waals surface area contributed by atoms with Crippen molar-refractivity contribution in [2.75, 3.05) is 24.3 Å². The van der Waals surface area contributed by atoms with Gasteiger partial charge in [-0.2, -0.15) is 0 Å². The van der Waals surface area contributed by atoms with Gasteiger partial charge in [0.25, 0.3) is 15.9 Å². The Kier molecular flexibility index (Phi) is 5.97. The molecule has 4 aromatic rings. The summed E-state index contributed by atoms with van der Waals surface area (Å²) in [6.45, 7) is 0. The number of para-hydroxylation sites is 1. The highest BCUT2D eigenvalue weighted by atomic mass is 32.2. The summed E-state index contributed by atoms with van der Waals surface area (Å²) in [5.41, 5.74) is 0.973. The first-order valence-electron chi connectivity index (χ1n) is 9.42. The number of fused-ring (bicyclic) bond motifs is 1. The van der Waals surface area contributed by atoms with Gasteiger partial charge in [-0.15, -0.1) is 0 Å². The van der Waals surface area contributed by atoms with Gasteiger partial charge < -0.3 is 9.47 Å². The van der Waals surface area contributed by atoms with Gasteiger partial charge in [-0.1, -0.05) is 41.7 Å². The lowest BCUT2D eigenvalue weighted by atomic mass is 10.2. The van der Waals surface area contributed by atoms with Gasteiger partial charge in [-0.25, -0.2) is 13.4 Å². The molecule has 1 heterocycles. The molecule has 0 aliphatic carbocycles. The molecule has 0 atom stereocenters. The summed E-state index contributed by atoms with van der Waals surface area (Å²) in [4.78, 5) is 17.5. The number of nitrogens with one attached hydrogen (secondary N) is 2. The van der Waals surface area contributed by atoms with E-state index in [4.69, 9.17) is 9.47 Å². The maximum atomic E-state index is 13.0. The van der Waals surface area contributed by atoms with E-state index >= 15 is 0 Å². The van der Waals surface area contributed by atoms with E-state index in [0.717, 1.165) is 4.70 Å². The first kappa shape index (κ1) is 21.6. The first-order valence-corrected chi connectivity index (χ1v) is 11.7. The number of aromatic nitrogens is 1. The van der Waals surface area contributed by atoms with Crippen LogP contribution in [0.15, 0.2) is 71.6 Å². The maximum Gasteiger partial charge on any atom is 0.261 e. The monoisotopic (exact) mass is 469 g/mol. The number of ether oxygens (including phenoxy) is 2. The highest BCUT2D eigenvalue weighted by Crippen LogP contribution is 2.36. The van der Waals surface area contributed by atoms with Gasteiger partial charge >= 0.3 is 0 Å². The van der Waals surface area contributed by atoms with Crippen molar-refractivity contribution in [3.05, 3.63) is 72.3 Å². The second-order valence-electron chi connectivity index (χ2n) is 6.61. The number of sulfonamides is 1. The first-order chi connectivity index (χ1) is 15.4. The van der Waals surface area contributed by atoms with Gasteiger partial charge in [-0.05, 0) is 24.3 Å². The highest BCUT2D eigenvalue weighted by molar-refractivity contribution is 7.92. The summed E-state index contributed by atoms with van der Waals surface area (Å²) in [5.74, 6) is 0.598. The number of amides is 1. The molecule has 0 unspecified atom stereocenters. The molecule has 0 aliphatic heterocycles. The molecular weight excluding hydrogens is 450 g/mol. The zero-order valence-corrected chi connectivity index (χ0v) is 18.8. The van der Waals surface area contributed by atoms with Crippen molar-refractivity contribution < 1.29 is 22.7 Å². The van der Waals surface area contributed by atoms with Crippen molar-refractivity contribution in [1.82, 2.24) is 4.98 Å². The molecule has 8 nitrogen and oxygen atoms in total. The summed E-state index contributed by atoms with van der Waals surface area (Å²) in [6, 6.07) is 17.8. The number of thiazole rings is 1. The maximum absolute atomic E-state index is 13.0. The highest BCUT2D eigenvalue weighted by Gasteiger charge is 2.19. The van der Waals surface area contributed by atoms with Crippen LogP contribution in [-0.4, -0.2) is 33.5 Å². The zero-order chi connectivity index (χ0) is 22.7. The standard InChI is InChI=1S/C22H19N3O5S2/c1-29-18-12-17-20(13-19(18)30-2)31-22(23-17)24-21(26)15-10-6-7-11-16(15)25-32(27,28)14-8-4-3-5-9-14/h3-13,25H,1-2H3,(H,23,24,26). The van der Waals surface area contributed by atoms with Crippen molar-refractivity contribution in [2.24, 2.45) is 0 Å². The number of benzene rings is 3. The van der Waals surface area contributed by atoms with Crippen LogP contribution in [0.4, 0.5) is 10.8 Å². The molecule has 32 heavy (non-hydrogen) atoms. The zero-order valence-electron chi connectivity index (χ0n) is 17.2. The molecular formula is C22H19N3O5S2. The van der Waals surface area contributed by atoms with E-state index in [2.05, 4.69) is 15.0 Å². The Hall–Kier alpha value is -3.63. The smallest absolute Gasteiger partial charge is 0.261 e. The minimum absolute atomic E-state index is 0.101. The summed E-state index contributed by atoms with van der Waals surface area (Å²) < 4.78 is 39.3. The van der Waals surface area contributed by atoms with Crippen LogP contribution in [0.25, 0.3) is 10.2 Å². The topological polar surface area (TPSA) is 107 Å². The fourth-order valence-corrected chi connectivity index (χ4v) is 5.02. The van der Waals surface area contributed by atoms with Gasteiger partial charge in [0.2, 0.25) is 0 Å². The molecule has 0 radical (unpaired) electrons. The van der Waals surface area contributed by atoms with Crippen LogP contribution in [0.1, 0.15) is 10.4 Å². The second-order valence-corrected chi connectivity index (χ2v) is 9.33. The molecule has 0 saturated heterocycles. The van der Waals surface area contributed by atoms with Crippen LogP contribution in [0.2, 0.25) is 0 Å². The van der Waals surface area contributed by atoms with Gasteiger partial charge in [0, 0.05) is 12.1 Å². The molecule has 0 aliphatic rings. The predicted octanol–water partition coefficient (Wildman–Crippen LogP) is 4.37. The van der Waals surface area contributed by atoms with Gasteiger partial charge in [0.15, 0.2) is 16.6 Å². The number of rotatable bonds is 7. The lowest BCUT2D eigenvalue weighted by Crippen LogP contribution is -2.18. The summed E-state index contributed by atoms with van der Waals surface area (Å²) in [6.07, 6.45) is 0. The summed E-state index contributed by atoms with van der Waals surface area (Å²) in [5, 5.41) is 3.10. The Morgan fingerprint density at radius 3 is 2.31 bits per heavy atom. The Labute approximate surface area is 188 Å². The Morgan fingerprint density at radius 1 is 0.938 bits per heavy atom. The van der Waals surface area contributed by atoms with Crippen molar-refractivity contribution in [3.63, 3.8) is 0 Å². The van der Waals surface area contributed by atoms with Crippen LogP contribution in [0.5, 0.6) is 11.5 Å². The van der Waals surface area contributed by atoms with E-state index in [1.54, 1.807) is 49.6 Å². The van der Waals surface area contributed by atoms with E-state index in [1.807, 2.05) is 0 Å². The van der Waals surface area contributed by atoms with Crippen LogP contribution in [0, 0.1) is 0 Å². The van der Waals surface area contributed by atoms with Gasteiger partial charge in [-0.3, -0.25) is 14.8 Å². The van der Waals surface area contributed by atoms with Crippen molar-refractivity contribution in [2.45, 2.75) is 4.90 Å². The lowest BCUT2D eigenvalue weighted by Gasteiger charge is -2.12. The van der Waals surface area contributed by atoms with Gasteiger partial charge in [0.05, 0.1) is 40.6 Å². The molecule has 164 valence electrons. The molecule has 0 saturated carbocycles. The molecule has 3 aromatic carbocycles. The quantitative estimate of drug-likeness (QED) is 0.416. The van der Waals surface area contributed by atoms with E-state index in [1.165, 1.54) is 42.7 Å². The number of carbonyl (C=O) groups excluding carboxylic acids is 1. The average molecular weight is 470 g/mol. The molecule has 1 aromatic heterocycles. The normalized spacial score (nSPS) is 11.2. The van der Waals surface area contributed by atoms with E-state index in [9.17, 15) is 13.2 Å². The third-order valence-electron chi connectivity index (χ3n) is 4.58. The molecule has 4 rings (SSSR count). The fourth-order valence-electron chi connectivity index (χ4n) is 3.05. The van der Waals surface area contributed by atoms with Crippen LogP contribution in [0.3, 0.4) is 0 Å². The molecule has 10 heteroatoms. The predicted molar refractivity (Wildman–Crippen MR) is 124 cm³/mol. The van der Waals surface area contributed by atoms with Crippen molar-refractivity contribution in [3.8, 4) is 11.5 Å². The van der Waals surface area contributed by atoms with E-state index in [-0.39, 0.29) is 16.1 Å². The Morgan fingerprint density at radius 2 is 1.59 bits per heavy atom. The van der Waals surface area contributed by atoms with E-state index in [0.29, 0.717) is 22.1 Å². The number of methoxy groups -OCH3 is 2. The number of hydrogen-bond acceptors (Lipinski definition) is 7. The van der Waals surface area contributed by atoms with Crippen LogP contribution >= 0.6 is 11.3 Å². The average Bonchev–Trinajstić information content (AvgIpc) is 3.19. The summed E-state index contributed by atoms with van der Waals surface area (Å²) >= 11 is 1.27. The number of nitrogens with zero attached hydrogens (tertiary/aromatic N) is 1. The third-order valence-corrected chi connectivity index (χ3v) is 6.90. The fraction of sp³-hybridized carbons (Fsp3) is 0.0909. The molecule has 2 N–H and O–H groups in total. The largest absolute Gasteiger partial charge is 0.493 e. The molecule has 0 bridgehead atoms. The van der Waals surface area contributed by atoms with Crippen molar-refractivity contribution in [1.29, 1.82) is 0 Å². The number of anilines is 2.